The molecule has 0 bridgehead atoms. The third kappa shape index (κ3) is 3.53. The fourth-order valence-electron chi connectivity index (χ4n) is 1.56. The van der Waals surface area contributed by atoms with Crippen LogP contribution in [0.5, 0.6) is 0 Å². The number of carboxylic acid groups (broad SMARTS) is 1. The minimum absolute atomic E-state index is 0.0363. The van der Waals surface area contributed by atoms with E-state index in [4.69, 9.17) is 28.3 Å². The van der Waals surface area contributed by atoms with Gasteiger partial charge in [-0.25, -0.2) is 9.78 Å². The molecule has 0 aliphatic heterocycles. The third-order valence-electron chi connectivity index (χ3n) is 2.54. The van der Waals surface area contributed by atoms with Crippen LogP contribution < -0.4 is 5.32 Å². The smallest absolute Gasteiger partial charge is 0.337 e. The highest BCUT2D eigenvalue weighted by Gasteiger charge is 2.17. The molecule has 8 heteroatoms. The summed E-state index contributed by atoms with van der Waals surface area (Å²) in [4.78, 5) is 27.1. The summed E-state index contributed by atoms with van der Waals surface area (Å²) in [6, 6.07) is 5.92. The van der Waals surface area contributed by atoms with E-state index in [1.165, 1.54) is 18.3 Å². The summed E-state index contributed by atoms with van der Waals surface area (Å²) in [5.41, 5.74) is 0.281. The number of carbonyl (C=O) groups excluding carboxylic acids is 1. The zero-order valence-electron chi connectivity index (χ0n) is 10.2. The van der Waals surface area contributed by atoms with Gasteiger partial charge in [0.1, 0.15) is 5.15 Å². The first-order valence-electron chi connectivity index (χ1n) is 5.54. The van der Waals surface area contributed by atoms with Crippen molar-refractivity contribution in [1.82, 2.24) is 4.98 Å². The monoisotopic (exact) mass is 388 g/mol. The molecule has 1 heterocycles. The Labute approximate surface area is 138 Å². The maximum Gasteiger partial charge on any atom is 0.337 e. The number of para-hydroxylation sites is 1. The average molecular weight is 390 g/mol. The summed E-state index contributed by atoms with van der Waals surface area (Å²) in [7, 11) is 0. The lowest BCUT2D eigenvalue weighted by molar-refractivity contribution is 0.0698. The van der Waals surface area contributed by atoms with Crippen LogP contribution in [-0.4, -0.2) is 22.0 Å². The van der Waals surface area contributed by atoms with Gasteiger partial charge in [0, 0.05) is 10.7 Å². The number of amides is 1. The van der Waals surface area contributed by atoms with Crippen LogP contribution in [-0.2, 0) is 0 Å². The number of carboxylic acids is 1. The predicted octanol–water partition coefficient (Wildman–Crippen LogP) is 4.10. The van der Waals surface area contributed by atoms with Crippen LogP contribution in [0.1, 0.15) is 20.7 Å². The normalized spacial score (nSPS) is 10.2. The molecule has 2 aromatic rings. The lowest BCUT2D eigenvalue weighted by Crippen LogP contribution is -2.15. The molecule has 108 valence electrons. The molecule has 0 aliphatic carbocycles. The Kier molecular flexibility index (Phi) is 4.82. The Balaban J connectivity index is 2.36. The summed E-state index contributed by atoms with van der Waals surface area (Å²) in [5, 5.41) is 11.9. The van der Waals surface area contributed by atoms with Crippen LogP contribution in [0.2, 0.25) is 10.2 Å². The van der Waals surface area contributed by atoms with E-state index in [1.807, 2.05) is 0 Å². The molecular formula is C13H7BrCl2N2O3. The Bertz CT molecular complexity index is 737. The van der Waals surface area contributed by atoms with Gasteiger partial charge >= 0.3 is 5.97 Å². The fraction of sp³-hybridized carbons (Fsp3) is 0. The van der Waals surface area contributed by atoms with E-state index in [0.717, 1.165) is 0 Å². The summed E-state index contributed by atoms with van der Waals surface area (Å²) >= 11 is 14.7. The number of aromatic carboxylic acids is 1. The molecule has 2 N–H and O–H groups in total. The van der Waals surface area contributed by atoms with Gasteiger partial charge in [-0.2, -0.15) is 0 Å². The number of anilines is 1. The van der Waals surface area contributed by atoms with Gasteiger partial charge in [0.05, 0.1) is 21.8 Å². The van der Waals surface area contributed by atoms with Crippen LogP contribution in [0.15, 0.2) is 34.9 Å². The molecule has 0 saturated heterocycles. The average Bonchev–Trinajstić information content (AvgIpc) is 2.43. The zero-order chi connectivity index (χ0) is 15.6. The fourth-order valence-corrected chi connectivity index (χ4v) is 2.30. The summed E-state index contributed by atoms with van der Waals surface area (Å²) in [6.45, 7) is 0. The van der Waals surface area contributed by atoms with E-state index in [2.05, 4.69) is 26.2 Å². The first-order chi connectivity index (χ1) is 9.90. The second kappa shape index (κ2) is 6.43. The lowest BCUT2D eigenvalue weighted by atomic mass is 10.1. The predicted molar refractivity (Wildman–Crippen MR) is 83.3 cm³/mol. The van der Waals surface area contributed by atoms with Gasteiger partial charge in [0.15, 0.2) is 0 Å². The van der Waals surface area contributed by atoms with E-state index >= 15 is 0 Å². The van der Waals surface area contributed by atoms with Gasteiger partial charge in [-0.3, -0.25) is 4.79 Å². The number of aromatic nitrogens is 1. The van der Waals surface area contributed by atoms with Crippen molar-refractivity contribution in [2.75, 3.05) is 5.32 Å². The van der Waals surface area contributed by atoms with Crippen molar-refractivity contribution in [2.24, 2.45) is 0 Å². The highest BCUT2D eigenvalue weighted by atomic mass is 79.9. The standard InChI is InChI=1S/C13H7BrCl2N2O3/c14-8-3-1-2-7(13(20)21)10(8)18-12(19)6-4-9(15)11(16)17-5-6/h1-5H,(H,18,19)(H,20,21). The summed E-state index contributed by atoms with van der Waals surface area (Å²) in [5.74, 6) is -1.70. The number of hydrogen-bond acceptors (Lipinski definition) is 3. The van der Waals surface area contributed by atoms with Gasteiger partial charge in [0.25, 0.3) is 5.91 Å². The van der Waals surface area contributed by atoms with E-state index in [9.17, 15) is 9.59 Å². The molecule has 0 radical (unpaired) electrons. The van der Waals surface area contributed by atoms with Crippen molar-refractivity contribution in [2.45, 2.75) is 0 Å². The third-order valence-corrected chi connectivity index (χ3v) is 3.89. The molecule has 2 rings (SSSR count). The molecule has 0 unspecified atom stereocenters. The molecule has 0 saturated carbocycles. The number of nitrogens with one attached hydrogen (secondary N) is 1. The first kappa shape index (κ1) is 15.8. The molecule has 0 spiro atoms. The second-order valence-electron chi connectivity index (χ2n) is 3.92. The molecule has 1 aromatic carbocycles. The molecule has 0 aliphatic rings. The molecule has 0 atom stereocenters. The molecule has 5 nitrogen and oxygen atoms in total. The number of hydrogen-bond donors (Lipinski definition) is 2. The van der Waals surface area contributed by atoms with E-state index in [-0.39, 0.29) is 27.0 Å². The largest absolute Gasteiger partial charge is 0.478 e. The Morgan fingerprint density at radius 3 is 2.62 bits per heavy atom. The number of halogens is 3. The number of benzene rings is 1. The first-order valence-corrected chi connectivity index (χ1v) is 7.09. The SMILES string of the molecule is O=C(Nc1c(Br)cccc1C(=O)O)c1cnc(Cl)c(Cl)c1. The van der Waals surface area contributed by atoms with Crippen molar-refractivity contribution in [3.8, 4) is 0 Å². The number of nitrogens with zero attached hydrogens (tertiary/aromatic N) is 1. The number of carbonyl (C=O) groups is 2. The van der Waals surface area contributed by atoms with Crippen LogP contribution >= 0.6 is 39.1 Å². The molecule has 21 heavy (non-hydrogen) atoms. The highest BCUT2D eigenvalue weighted by molar-refractivity contribution is 9.10. The quantitative estimate of drug-likeness (QED) is 0.774. The summed E-state index contributed by atoms with van der Waals surface area (Å²) < 4.78 is 0.448. The van der Waals surface area contributed by atoms with Crippen LogP contribution in [0, 0.1) is 0 Å². The lowest BCUT2D eigenvalue weighted by Gasteiger charge is -2.10. The number of pyridine rings is 1. The van der Waals surface area contributed by atoms with Crippen LogP contribution in [0.4, 0.5) is 5.69 Å². The molecule has 1 amide bonds. The van der Waals surface area contributed by atoms with E-state index < -0.39 is 11.9 Å². The van der Waals surface area contributed by atoms with Crippen LogP contribution in [0.25, 0.3) is 0 Å². The van der Waals surface area contributed by atoms with Gasteiger partial charge in [-0.05, 0) is 34.1 Å². The minimum Gasteiger partial charge on any atom is -0.478 e. The molecular weight excluding hydrogens is 383 g/mol. The van der Waals surface area contributed by atoms with Gasteiger partial charge < -0.3 is 10.4 Å². The molecule has 1 aromatic heterocycles. The van der Waals surface area contributed by atoms with Crippen molar-refractivity contribution < 1.29 is 14.7 Å². The van der Waals surface area contributed by atoms with E-state index in [1.54, 1.807) is 12.1 Å². The van der Waals surface area contributed by atoms with Crippen molar-refractivity contribution in [1.29, 1.82) is 0 Å². The van der Waals surface area contributed by atoms with Crippen molar-refractivity contribution >= 4 is 56.7 Å². The van der Waals surface area contributed by atoms with Gasteiger partial charge in [-0.1, -0.05) is 29.3 Å². The zero-order valence-corrected chi connectivity index (χ0v) is 13.3. The van der Waals surface area contributed by atoms with Gasteiger partial charge in [-0.15, -0.1) is 0 Å². The minimum atomic E-state index is -1.15. The van der Waals surface area contributed by atoms with Crippen LogP contribution in [0.3, 0.4) is 0 Å². The molecule has 0 fully saturated rings. The summed E-state index contributed by atoms with van der Waals surface area (Å²) in [6.07, 6.45) is 1.25. The van der Waals surface area contributed by atoms with Crippen molar-refractivity contribution in [3.63, 3.8) is 0 Å². The Morgan fingerprint density at radius 1 is 1.29 bits per heavy atom. The Morgan fingerprint density at radius 2 is 2.00 bits per heavy atom. The highest BCUT2D eigenvalue weighted by Crippen LogP contribution is 2.27. The van der Waals surface area contributed by atoms with E-state index in [0.29, 0.717) is 4.47 Å². The topological polar surface area (TPSA) is 79.3 Å². The van der Waals surface area contributed by atoms with Crippen molar-refractivity contribution in [3.05, 3.63) is 56.2 Å². The second-order valence-corrected chi connectivity index (χ2v) is 5.54. The Hall–Kier alpha value is -1.63. The number of rotatable bonds is 3. The maximum absolute atomic E-state index is 12.1. The van der Waals surface area contributed by atoms with Gasteiger partial charge in [0.2, 0.25) is 0 Å². The maximum atomic E-state index is 12.1.